The van der Waals surface area contributed by atoms with Gasteiger partial charge >= 0.3 is 12.2 Å². The van der Waals surface area contributed by atoms with Crippen LogP contribution in [-0.4, -0.2) is 62.7 Å². The van der Waals surface area contributed by atoms with Crippen LogP contribution in [0.4, 0.5) is 18.0 Å². The van der Waals surface area contributed by atoms with E-state index in [-0.39, 0.29) is 16.9 Å². The lowest BCUT2D eigenvalue weighted by Gasteiger charge is -2.17. The van der Waals surface area contributed by atoms with Crippen molar-refractivity contribution in [1.82, 2.24) is 19.4 Å². The molecule has 0 saturated carbocycles. The highest BCUT2D eigenvalue weighted by atomic mass is 32.2. The molecule has 184 valence electrons. The van der Waals surface area contributed by atoms with Gasteiger partial charge in [-0.05, 0) is 44.3 Å². The van der Waals surface area contributed by atoms with Crippen molar-refractivity contribution in [3.63, 3.8) is 0 Å². The molecule has 3 rings (SSSR count). The maximum Gasteiger partial charge on any atom is 0.422 e. The van der Waals surface area contributed by atoms with E-state index in [1.54, 1.807) is 25.8 Å². The van der Waals surface area contributed by atoms with Crippen LogP contribution < -0.4 is 4.74 Å². The number of amides is 1. The zero-order chi connectivity index (χ0) is 25.5. The average Bonchev–Trinajstić information content (AvgIpc) is 3.09. The Morgan fingerprint density at radius 2 is 1.91 bits per heavy atom. The Labute approximate surface area is 204 Å². The molecule has 0 aliphatic rings. The summed E-state index contributed by atoms with van der Waals surface area (Å²) in [5.74, 6) is 0.808. The number of rotatable bonds is 5. The van der Waals surface area contributed by atoms with Gasteiger partial charge in [-0.15, -0.1) is 0 Å². The fourth-order valence-electron chi connectivity index (χ4n) is 2.77. The first kappa shape index (κ1) is 27.4. The van der Waals surface area contributed by atoms with E-state index < -0.39 is 12.8 Å². The standard InChI is InChI=1S/C13H15N3O2S2.C9H10F3NO/c1-9(17)20-8-7-15(2)13(18)16-11-6-4-3-5-10(11)14-12(16)19;1-6-7(2)13-4-3-8(6)14-5-9(10,11)12/h3-6H,7-8H2,1-2H3,(H,14,19);3-4H,5H2,1-2H3. The smallest absolute Gasteiger partial charge is 0.422 e. The van der Waals surface area contributed by atoms with E-state index in [0.717, 1.165) is 11.0 Å². The topological polar surface area (TPSA) is 80.2 Å². The van der Waals surface area contributed by atoms with E-state index in [2.05, 4.69) is 14.7 Å². The quantitative estimate of drug-likeness (QED) is 0.452. The van der Waals surface area contributed by atoms with E-state index in [4.69, 9.17) is 12.2 Å². The molecule has 0 unspecified atom stereocenters. The Morgan fingerprint density at radius 3 is 2.56 bits per heavy atom. The van der Waals surface area contributed by atoms with Crippen molar-refractivity contribution >= 4 is 46.2 Å². The number of imidazole rings is 1. The molecule has 0 spiro atoms. The van der Waals surface area contributed by atoms with Gasteiger partial charge in [0, 0.05) is 43.7 Å². The summed E-state index contributed by atoms with van der Waals surface area (Å²) in [7, 11) is 1.70. The molecule has 0 aliphatic heterocycles. The Balaban J connectivity index is 0.000000257. The summed E-state index contributed by atoms with van der Waals surface area (Å²) in [6.07, 6.45) is -2.88. The minimum absolute atomic E-state index is 0.0505. The monoisotopic (exact) mass is 514 g/mol. The SMILES string of the molecule is CC(=O)SCCN(C)C(=O)n1c(=S)[nH]c2ccccc21.Cc1nccc(OCC(F)(F)F)c1C. The fourth-order valence-corrected chi connectivity index (χ4v) is 3.71. The van der Waals surface area contributed by atoms with Crippen molar-refractivity contribution in [2.45, 2.75) is 26.9 Å². The van der Waals surface area contributed by atoms with Gasteiger partial charge in [0.1, 0.15) is 5.75 Å². The molecule has 0 saturated heterocycles. The second-order valence-corrected chi connectivity index (χ2v) is 8.91. The van der Waals surface area contributed by atoms with Gasteiger partial charge in [-0.2, -0.15) is 13.2 Å². The van der Waals surface area contributed by atoms with Gasteiger partial charge in [-0.1, -0.05) is 23.9 Å². The van der Waals surface area contributed by atoms with Gasteiger partial charge in [-0.25, -0.2) is 9.36 Å². The molecule has 12 heteroatoms. The Bertz CT molecular complexity index is 1210. The largest absolute Gasteiger partial charge is 0.484 e. The highest BCUT2D eigenvalue weighted by Crippen LogP contribution is 2.22. The molecular formula is C22H25F3N4O3S2. The average molecular weight is 515 g/mol. The van der Waals surface area contributed by atoms with Crippen LogP contribution in [-0.2, 0) is 4.79 Å². The van der Waals surface area contributed by atoms with Crippen molar-refractivity contribution < 1.29 is 27.5 Å². The molecule has 0 bridgehead atoms. The number of benzene rings is 1. The summed E-state index contributed by atoms with van der Waals surface area (Å²) in [6, 6.07) is 8.69. The number of carbonyl (C=O) groups excluding carboxylic acids is 2. The summed E-state index contributed by atoms with van der Waals surface area (Å²) >= 11 is 6.41. The summed E-state index contributed by atoms with van der Waals surface area (Å²) in [4.78, 5) is 31.8. The lowest BCUT2D eigenvalue weighted by molar-refractivity contribution is -0.153. The number of para-hydroxylation sites is 2. The molecule has 3 aromatic rings. The van der Waals surface area contributed by atoms with Crippen LogP contribution in [0.15, 0.2) is 36.5 Å². The molecule has 0 atom stereocenters. The molecule has 0 aliphatic carbocycles. The first-order valence-corrected chi connectivity index (χ1v) is 11.5. The van der Waals surface area contributed by atoms with Crippen LogP contribution >= 0.6 is 24.0 Å². The number of hydrogen-bond donors (Lipinski definition) is 1. The normalized spacial score (nSPS) is 11.0. The van der Waals surface area contributed by atoms with Crippen LogP contribution in [0.3, 0.4) is 0 Å². The van der Waals surface area contributed by atoms with Crippen LogP contribution in [0, 0.1) is 18.6 Å². The molecule has 1 amide bonds. The maximum atomic E-state index is 12.4. The van der Waals surface area contributed by atoms with E-state index in [0.29, 0.717) is 28.3 Å². The van der Waals surface area contributed by atoms with Crippen molar-refractivity contribution in [2.24, 2.45) is 0 Å². The third kappa shape index (κ3) is 7.87. The number of pyridine rings is 1. The number of fused-ring (bicyclic) bond motifs is 1. The van der Waals surface area contributed by atoms with E-state index >= 15 is 0 Å². The van der Waals surface area contributed by atoms with Crippen molar-refractivity contribution in [1.29, 1.82) is 0 Å². The number of halogens is 3. The predicted molar refractivity (Wildman–Crippen MR) is 129 cm³/mol. The van der Waals surface area contributed by atoms with Crippen LogP contribution in [0.1, 0.15) is 18.2 Å². The number of nitrogens with one attached hydrogen (secondary N) is 1. The first-order valence-electron chi connectivity index (χ1n) is 10.1. The van der Waals surface area contributed by atoms with Gasteiger partial charge in [-0.3, -0.25) is 9.78 Å². The van der Waals surface area contributed by atoms with Gasteiger partial charge in [0.05, 0.1) is 11.0 Å². The Hall–Kier alpha value is -2.86. The molecule has 1 aromatic carbocycles. The first-order chi connectivity index (χ1) is 15.9. The highest BCUT2D eigenvalue weighted by molar-refractivity contribution is 8.13. The number of ether oxygens (including phenoxy) is 1. The molecule has 1 N–H and O–H groups in total. The number of thioether (sulfide) groups is 1. The summed E-state index contributed by atoms with van der Waals surface area (Å²) in [5, 5.41) is 0.0505. The molecule has 2 aromatic heterocycles. The minimum atomic E-state index is -4.30. The van der Waals surface area contributed by atoms with Gasteiger partial charge in [0.2, 0.25) is 0 Å². The fraction of sp³-hybridized carbons (Fsp3) is 0.364. The van der Waals surface area contributed by atoms with Crippen molar-refractivity contribution in [3.8, 4) is 5.75 Å². The van der Waals surface area contributed by atoms with Gasteiger partial charge in [0.15, 0.2) is 16.5 Å². The molecule has 0 radical (unpaired) electrons. The van der Waals surface area contributed by atoms with E-state index in [9.17, 15) is 22.8 Å². The minimum Gasteiger partial charge on any atom is -0.484 e. The molecular weight excluding hydrogens is 489 g/mol. The summed E-state index contributed by atoms with van der Waals surface area (Å²) in [5.41, 5.74) is 2.90. The number of aromatic nitrogens is 3. The number of carbonyl (C=O) groups is 2. The summed E-state index contributed by atoms with van der Waals surface area (Å²) in [6.45, 7) is 4.13. The third-order valence-electron chi connectivity index (χ3n) is 4.64. The zero-order valence-electron chi connectivity index (χ0n) is 19.1. The van der Waals surface area contributed by atoms with Gasteiger partial charge in [0.25, 0.3) is 0 Å². The lowest BCUT2D eigenvalue weighted by atomic mass is 10.2. The van der Waals surface area contributed by atoms with Crippen molar-refractivity contribution in [3.05, 3.63) is 52.6 Å². The molecule has 7 nitrogen and oxygen atoms in total. The third-order valence-corrected chi connectivity index (χ3v) is 5.72. The summed E-state index contributed by atoms with van der Waals surface area (Å²) < 4.78 is 42.0. The lowest BCUT2D eigenvalue weighted by Crippen LogP contribution is -2.33. The molecule has 34 heavy (non-hydrogen) atoms. The van der Waals surface area contributed by atoms with Crippen molar-refractivity contribution in [2.75, 3.05) is 26.0 Å². The Morgan fingerprint density at radius 1 is 1.24 bits per heavy atom. The van der Waals surface area contributed by atoms with Crippen LogP contribution in [0.5, 0.6) is 5.75 Å². The number of nitrogens with zero attached hydrogens (tertiary/aromatic N) is 3. The maximum absolute atomic E-state index is 12.4. The zero-order valence-corrected chi connectivity index (χ0v) is 20.7. The second-order valence-electron chi connectivity index (χ2n) is 7.25. The molecule has 2 heterocycles. The van der Waals surface area contributed by atoms with Crippen LogP contribution in [0.2, 0.25) is 0 Å². The predicted octanol–water partition coefficient (Wildman–Crippen LogP) is 5.52. The highest BCUT2D eigenvalue weighted by Gasteiger charge is 2.28. The number of H-pyrrole nitrogens is 1. The Kier molecular flexibility index (Phi) is 9.68. The van der Waals surface area contributed by atoms with Crippen LogP contribution in [0.25, 0.3) is 11.0 Å². The van der Waals surface area contributed by atoms with E-state index in [1.807, 2.05) is 24.3 Å². The second kappa shape index (κ2) is 12.0. The number of aromatic amines is 1. The van der Waals surface area contributed by atoms with E-state index in [1.165, 1.54) is 35.5 Å². The number of alkyl halides is 3. The number of aryl methyl sites for hydroxylation is 1. The van der Waals surface area contributed by atoms with Gasteiger partial charge < -0.3 is 14.6 Å². The number of hydrogen-bond acceptors (Lipinski definition) is 6. The molecule has 0 fully saturated rings.